The van der Waals surface area contributed by atoms with Gasteiger partial charge in [0, 0.05) is 10.8 Å². The summed E-state index contributed by atoms with van der Waals surface area (Å²) in [4.78, 5) is 0. The molecule has 0 atom stereocenters. The Hall–Kier alpha value is -6.50. The zero-order valence-corrected chi connectivity index (χ0v) is 38.0. The third-order valence-electron chi connectivity index (χ3n) is 15.2. The highest BCUT2D eigenvalue weighted by atomic mass is 14.5. The van der Waals surface area contributed by atoms with Gasteiger partial charge in [-0.2, -0.15) is 0 Å². The molecule has 0 nitrogen and oxygen atoms in total. The minimum Gasteiger partial charge on any atom is -0.0653 e. The average Bonchev–Trinajstić information content (AvgIpc) is 3.76. The van der Waals surface area contributed by atoms with Gasteiger partial charge in [0.05, 0.1) is 0 Å². The number of rotatable bonds is 12. The third-order valence-corrected chi connectivity index (χ3v) is 15.2. The maximum Gasteiger partial charge on any atom is 0.0215 e. The van der Waals surface area contributed by atoms with Crippen LogP contribution in [0.4, 0.5) is 0 Å². The lowest BCUT2D eigenvalue weighted by molar-refractivity contribution is 0.436. The number of hydrogen-bond acceptors (Lipinski definition) is 0. The topological polar surface area (TPSA) is 0 Å². The Morgan fingerprint density at radius 3 is 0.828 bits per heavy atom. The fourth-order valence-corrected chi connectivity index (χ4v) is 12.7. The molecule has 0 N–H and O–H groups in total. The molecule has 9 aromatic carbocycles. The minimum atomic E-state index is -0.0339. The van der Waals surface area contributed by atoms with E-state index < -0.39 is 0 Å². The van der Waals surface area contributed by atoms with E-state index in [1.807, 2.05) is 0 Å². The van der Waals surface area contributed by atoms with Crippen LogP contribution >= 0.6 is 0 Å². The first-order valence-electron chi connectivity index (χ1n) is 24.2. The summed E-state index contributed by atoms with van der Waals surface area (Å²) < 4.78 is 0. The van der Waals surface area contributed by atoms with Crippen molar-refractivity contribution in [2.75, 3.05) is 0 Å². The smallest absolute Gasteiger partial charge is 0.0215 e. The summed E-state index contributed by atoms with van der Waals surface area (Å²) in [6.07, 6.45) is 9.08. The summed E-state index contributed by atoms with van der Waals surface area (Å²) in [6, 6.07) is 69.9. The van der Waals surface area contributed by atoms with Crippen LogP contribution in [-0.2, 0) is 10.8 Å². The quantitative estimate of drug-likeness (QED) is 0.108. The Morgan fingerprint density at radius 1 is 0.266 bits per heavy atom. The van der Waals surface area contributed by atoms with Crippen molar-refractivity contribution in [1.82, 2.24) is 0 Å². The van der Waals surface area contributed by atoms with Gasteiger partial charge in [-0.25, -0.2) is 0 Å². The van der Waals surface area contributed by atoms with Gasteiger partial charge in [0.1, 0.15) is 0 Å². The van der Waals surface area contributed by atoms with E-state index in [-0.39, 0.29) is 10.8 Å². The average molecular weight is 827 g/mol. The Labute approximate surface area is 380 Å². The molecule has 0 heterocycles. The predicted octanol–water partition coefficient (Wildman–Crippen LogP) is 18.4. The van der Waals surface area contributed by atoms with Gasteiger partial charge >= 0.3 is 0 Å². The van der Waals surface area contributed by atoms with E-state index in [2.05, 4.69) is 210 Å². The van der Waals surface area contributed by atoms with Crippen LogP contribution in [0.25, 0.3) is 88.3 Å². The van der Waals surface area contributed by atoms with Crippen molar-refractivity contribution in [2.24, 2.45) is 0 Å². The fraction of sp³-hybridized carbons (Fsp3) is 0.219. The second-order valence-corrected chi connectivity index (χ2v) is 18.8. The van der Waals surface area contributed by atoms with E-state index in [0.717, 1.165) is 51.4 Å². The summed E-state index contributed by atoms with van der Waals surface area (Å²) in [5, 5.41) is 5.28. The van der Waals surface area contributed by atoms with E-state index in [1.165, 1.54) is 111 Å². The van der Waals surface area contributed by atoms with Gasteiger partial charge in [-0.15, -0.1) is 0 Å². The molecule has 9 aromatic rings. The standard InChI is InChI=1S/C64H58/c1-5-35-63(36-6-2)57-39-45(43-19-11-9-12-20-43)27-31-49(57)51-33-29-47(41-59(51)63)61-53-23-15-17-25-55(53)62(56-26-18-16-24-54(56)61)48-30-34-52-50-32-28-46(44-21-13-10-14-22-44)40-58(50)64(37-7-3,38-8-4)60(52)42-48/h9-34,39-42H,5-8,35-38H2,1-4H3. The molecule has 2 aliphatic carbocycles. The Morgan fingerprint density at radius 2 is 0.531 bits per heavy atom. The molecule has 0 amide bonds. The fourth-order valence-electron chi connectivity index (χ4n) is 12.7. The van der Waals surface area contributed by atoms with Crippen molar-refractivity contribution in [3.05, 3.63) is 204 Å². The molecule has 0 heteroatoms. The lowest BCUT2D eigenvalue weighted by Gasteiger charge is -2.33. The summed E-state index contributed by atoms with van der Waals surface area (Å²) in [6.45, 7) is 9.48. The Bertz CT molecular complexity index is 2920. The zero-order chi connectivity index (χ0) is 43.4. The van der Waals surface area contributed by atoms with E-state index in [4.69, 9.17) is 0 Å². The van der Waals surface area contributed by atoms with Gasteiger partial charge in [-0.05, 0) is 161 Å². The molecule has 0 bridgehead atoms. The van der Waals surface area contributed by atoms with Crippen LogP contribution in [0.3, 0.4) is 0 Å². The molecule has 0 aliphatic heterocycles. The van der Waals surface area contributed by atoms with Crippen LogP contribution < -0.4 is 0 Å². The summed E-state index contributed by atoms with van der Waals surface area (Å²) in [5.41, 5.74) is 22.1. The zero-order valence-electron chi connectivity index (χ0n) is 38.0. The van der Waals surface area contributed by atoms with Crippen molar-refractivity contribution < 1.29 is 0 Å². The normalized spacial score (nSPS) is 14.1. The number of fused-ring (bicyclic) bond motifs is 8. The van der Waals surface area contributed by atoms with Crippen molar-refractivity contribution in [2.45, 2.75) is 89.9 Å². The van der Waals surface area contributed by atoms with Gasteiger partial charge in [-0.1, -0.05) is 211 Å². The SMILES string of the molecule is CCCC1(CCC)c2cc(-c3ccccc3)ccc2-c2ccc(-c3c4ccccc4c(-c4ccc5c(c4)C(CCC)(CCC)c4cc(-c6ccccc6)ccc4-5)c4ccccc34)cc21. The van der Waals surface area contributed by atoms with Gasteiger partial charge in [0.25, 0.3) is 0 Å². The predicted molar refractivity (Wildman–Crippen MR) is 275 cm³/mol. The van der Waals surface area contributed by atoms with E-state index in [9.17, 15) is 0 Å². The van der Waals surface area contributed by atoms with E-state index in [0.29, 0.717) is 0 Å². The Balaban J connectivity index is 1.10. The molecule has 64 heavy (non-hydrogen) atoms. The van der Waals surface area contributed by atoms with Crippen LogP contribution in [0.1, 0.15) is 101 Å². The highest BCUT2D eigenvalue weighted by Crippen LogP contribution is 2.58. The molecule has 314 valence electrons. The molecular weight excluding hydrogens is 769 g/mol. The number of benzene rings is 9. The molecule has 0 saturated heterocycles. The van der Waals surface area contributed by atoms with Crippen molar-refractivity contribution in [3.63, 3.8) is 0 Å². The van der Waals surface area contributed by atoms with Crippen LogP contribution in [0.2, 0.25) is 0 Å². The maximum absolute atomic E-state index is 2.61. The van der Waals surface area contributed by atoms with Crippen LogP contribution in [0.5, 0.6) is 0 Å². The van der Waals surface area contributed by atoms with Crippen LogP contribution in [0.15, 0.2) is 182 Å². The molecule has 0 radical (unpaired) electrons. The van der Waals surface area contributed by atoms with E-state index >= 15 is 0 Å². The largest absolute Gasteiger partial charge is 0.0653 e. The number of hydrogen-bond donors (Lipinski definition) is 0. The molecule has 0 saturated carbocycles. The van der Waals surface area contributed by atoms with Gasteiger partial charge in [0.2, 0.25) is 0 Å². The van der Waals surface area contributed by atoms with Gasteiger partial charge in [0.15, 0.2) is 0 Å². The lowest BCUT2D eigenvalue weighted by atomic mass is 9.70. The first-order chi connectivity index (χ1) is 31.5. The van der Waals surface area contributed by atoms with Crippen LogP contribution in [-0.4, -0.2) is 0 Å². The van der Waals surface area contributed by atoms with Crippen LogP contribution in [0, 0.1) is 0 Å². The van der Waals surface area contributed by atoms with Gasteiger partial charge < -0.3 is 0 Å². The maximum atomic E-state index is 2.61. The third kappa shape index (κ3) is 6.17. The summed E-state index contributed by atoms with van der Waals surface area (Å²) in [5.74, 6) is 0. The molecule has 0 unspecified atom stereocenters. The van der Waals surface area contributed by atoms with Gasteiger partial charge in [-0.3, -0.25) is 0 Å². The Kier molecular flexibility index (Phi) is 10.2. The molecule has 11 rings (SSSR count). The monoisotopic (exact) mass is 826 g/mol. The second kappa shape index (κ2) is 16.2. The minimum absolute atomic E-state index is 0.0339. The molecule has 0 spiro atoms. The molecular formula is C64H58. The van der Waals surface area contributed by atoms with Crippen molar-refractivity contribution in [1.29, 1.82) is 0 Å². The highest BCUT2D eigenvalue weighted by molar-refractivity contribution is 6.21. The van der Waals surface area contributed by atoms with E-state index in [1.54, 1.807) is 0 Å². The highest BCUT2D eigenvalue weighted by Gasteiger charge is 2.44. The summed E-state index contributed by atoms with van der Waals surface area (Å²) in [7, 11) is 0. The molecule has 0 aromatic heterocycles. The first-order valence-corrected chi connectivity index (χ1v) is 24.2. The molecule has 2 aliphatic rings. The first kappa shape index (κ1) is 40.3. The lowest BCUT2D eigenvalue weighted by Crippen LogP contribution is -2.25. The van der Waals surface area contributed by atoms with Crippen molar-refractivity contribution >= 4 is 21.5 Å². The second-order valence-electron chi connectivity index (χ2n) is 18.8. The molecule has 0 fully saturated rings. The summed E-state index contributed by atoms with van der Waals surface area (Å²) >= 11 is 0. The van der Waals surface area contributed by atoms with Crippen molar-refractivity contribution in [3.8, 4) is 66.8 Å².